The first-order valence-corrected chi connectivity index (χ1v) is 9.88. The van der Waals surface area contributed by atoms with Crippen LogP contribution < -0.4 is 5.32 Å². The zero-order valence-corrected chi connectivity index (χ0v) is 18.3. The van der Waals surface area contributed by atoms with Crippen molar-refractivity contribution in [2.75, 3.05) is 19.8 Å². The lowest BCUT2D eigenvalue weighted by Crippen LogP contribution is -2.32. The maximum Gasteiger partial charge on any atom is 0.306 e. The SMILES string of the molecule is CC(C)(C)CCC(=O)CCC(=O)OCCOC(=O)CCC(=O)NCC(C)(C)C. The minimum Gasteiger partial charge on any atom is -0.462 e. The van der Waals surface area contributed by atoms with Crippen LogP contribution in [0.3, 0.4) is 0 Å². The van der Waals surface area contributed by atoms with Crippen LogP contribution in [0.4, 0.5) is 0 Å². The minimum atomic E-state index is -0.515. The number of hydrogen-bond donors (Lipinski definition) is 1. The van der Waals surface area contributed by atoms with Gasteiger partial charge in [0.25, 0.3) is 0 Å². The predicted molar refractivity (Wildman–Crippen MR) is 107 cm³/mol. The molecular formula is C21H37NO6. The highest BCUT2D eigenvalue weighted by Gasteiger charge is 2.15. The van der Waals surface area contributed by atoms with Crippen molar-refractivity contribution in [3.8, 4) is 0 Å². The molecule has 0 aliphatic carbocycles. The number of nitrogens with one attached hydrogen (secondary N) is 1. The van der Waals surface area contributed by atoms with Gasteiger partial charge >= 0.3 is 11.9 Å². The fourth-order valence-corrected chi connectivity index (χ4v) is 2.00. The number of hydrogen-bond acceptors (Lipinski definition) is 6. The molecule has 0 atom stereocenters. The van der Waals surface area contributed by atoms with Gasteiger partial charge in [-0.3, -0.25) is 19.2 Å². The van der Waals surface area contributed by atoms with Gasteiger partial charge in [-0.2, -0.15) is 0 Å². The summed E-state index contributed by atoms with van der Waals surface area (Å²) >= 11 is 0. The van der Waals surface area contributed by atoms with E-state index in [4.69, 9.17) is 9.47 Å². The number of ketones is 1. The smallest absolute Gasteiger partial charge is 0.306 e. The molecule has 0 aromatic rings. The summed E-state index contributed by atoms with van der Waals surface area (Å²) < 4.78 is 9.87. The maximum atomic E-state index is 11.7. The summed E-state index contributed by atoms with van der Waals surface area (Å²) in [5, 5.41) is 2.76. The topological polar surface area (TPSA) is 98.8 Å². The molecule has 0 bridgehead atoms. The lowest BCUT2D eigenvalue weighted by atomic mass is 9.89. The Labute approximate surface area is 168 Å². The molecule has 1 amide bonds. The van der Waals surface area contributed by atoms with Crippen LogP contribution in [0.15, 0.2) is 0 Å². The van der Waals surface area contributed by atoms with Gasteiger partial charge in [0.2, 0.25) is 5.91 Å². The van der Waals surface area contributed by atoms with Crippen LogP contribution in [-0.4, -0.2) is 43.4 Å². The van der Waals surface area contributed by atoms with Gasteiger partial charge in [0.1, 0.15) is 19.0 Å². The number of Topliss-reactive ketones (excluding diaryl/α,β-unsaturated/α-hetero) is 1. The number of carbonyl (C=O) groups excluding carboxylic acids is 4. The lowest BCUT2D eigenvalue weighted by molar-refractivity contribution is -0.152. The third-order valence-corrected chi connectivity index (χ3v) is 3.74. The van der Waals surface area contributed by atoms with Gasteiger partial charge < -0.3 is 14.8 Å². The second-order valence-corrected chi connectivity index (χ2v) is 9.38. The second-order valence-electron chi connectivity index (χ2n) is 9.38. The average Bonchev–Trinajstić information content (AvgIpc) is 2.57. The minimum absolute atomic E-state index is 0.0166. The Kier molecular flexibility index (Phi) is 11.7. The van der Waals surface area contributed by atoms with Gasteiger partial charge in [-0.25, -0.2) is 0 Å². The van der Waals surface area contributed by atoms with Crippen molar-refractivity contribution in [1.82, 2.24) is 5.32 Å². The summed E-state index contributed by atoms with van der Waals surface area (Å²) in [6.45, 7) is 12.6. The van der Waals surface area contributed by atoms with Gasteiger partial charge in [-0.15, -0.1) is 0 Å². The van der Waals surface area contributed by atoms with Crippen LogP contribution in [0, 0.1) is 10.8 Å². The van der Waals surface area contributed by atoms with Gasteiger partial charge in [-0.05, 0) is 17.3 Å². The first kappa shape index (κ1) is 26.1. The molecule has 0 aromatic carbocycles. The normalized spacial score (nSPS) is 11.6. The van der Waals surface area contributed by atoms with E-state index in [0.717, 1.165) is 6.42 Å². The molecule has 28 heavy (non-hydrogen) atoms. The van der Waals surface area contributed by atoms with E-state index in [0.29, 0.717) is 13.0 Å². The van der Waals surface area contributed by atoms with E-state index in [-0.39, 0.29) is 61.4 Å². The number of carbonyl (C=O) groups is 4. The molecule has 1 N–H and O–H groups in total. The van der Waals surface area contributed by atoms with Crippen LogP contribution in [0.5, 0.6) is 0 Å². The number of rotatable bonds is 12. The molecule has 0 heterocycles. The van der Waals surface area contributed by atoms with E-state index in [9.17, 15) is 19.2 Å². The number of ether oxygens (including phenoxy) is 2. The molecule has 162 valence electrons. The van der Waals surface area contributed by atoms with E-state index < -0.39 is 11.9 Å². The Bertz CT molecular complexity index is 480. The highest BCUT2D eigenvalue weighted by atomic mass is 16.6. The summed E-state index contributed by atoms with van der Waals surface area (Å²) in [6, 6.07) is 0. The molecule has 0 aliphatic heterocycles. The number of amides is 1. The van der Waals surface area contributed by atoms with Gasteiger partial charge in [0.05, 0.1) is 12.8 Å². The molecule has 0 spiro atoms. The molecule has 7 heteroatoms. The third-order valence-electron chi connectivity index (χ3n) is 3.74. The summed E-state index contributed by atoms with van der Waals surface area (Å²) in [6.07, 6.45) is 1.48. The Morgan fingerprint density at radius 2 is 1.18 bits per heavy atom. The lowest BCUT2D eigenvalue weighted by Gasteiger charge is -2.18. The first-order chi connectivity index (χ1) is 12.8. The quantitative estimate of drug-likeness (QED) is 0.400. The van der Waals surface area contributed by atoms with Crippen molar-refractivity contribution >= 4 is 23.6 Å². The molecule has 0 aliphatic rings. The van der Waals surface area contributed by atoms with Crippen LogP contribution in [0.1, 0.15) is 80.1 Å². The van der Waals surface area contributed by atoms with E-state index in [2.05, 4.69) is 26.1 Å². The Hall–Kier alpha value is -1.92. The first-order valence-electron chi connectivity index (χ1n) is 9.88. The third kappa shape index (κ3) is 17.5. The fraction of sp³-hybridized carbons (Fsp3) is 0.810. The molecule has 0 saturated heterocycles. The molecule has 0 fully saturated rings. The van der Waals surface area contributed by atoms with Crippen molar-refractivity contribution < 1.29 is 28.7 Å². The maximum absolute atomic E-state index is 11.7. The van der Waals surface area contributed by atoms with Gasteiger partial charge in [0, 0.05) is 25.8 Å². The molecular weight excluding hydrogens is 362 g/mol. The van der Waals surface area contributed by atoms with Crippen molar-refractivity contribution in [3.63, 3.8) is 0 Å². The van der Waals surface area contributed by atoms with Crippen molar-refractivity contribution in [3.05, 3.63) is 0 Å². The van der Waals surface area contributed by atoms with Crippen LogP contribution in [0.2, 0.25) is 0 Å². The molecule has 0 rings (SSSR count). The highest BCUT2D eigenvalue weighted by molar-refractivity contribution is 5.83. The Balaban J connectivity index is 3.75. The Morgan fingerprint density at radius 3 is 1.64 bits per heavy atom. The highest BCUT2D eigenvalue weighted by Crippen LogP contribution is 2.21. The molecule has 0 aromatic heterocycles. The standard InChI is InChI=1S/C21H37NO6/c1-20(2,3)12-11-16(23)7-9-18(25)27-13-14-28-19(26)10-8-17(24)22-15-21(4,5)6/h7-15H2,1-6H3,(H,22,24). The van der Waals surface area contributed by atoms with Crippen LogP contribution in [-0.2, 0) is 28.7 Å². The predicted octanol–water partition coefficient (Wildman–Crippen LogP) is 3.19. The molecule has 0 saturated carbocycles. The monoisotopic (exact) mass is 399 g/mol. The van der Waals surface area contributed by atoms with Crippen molar-refractivity contribution in [2.45, 2.75) is 80.1 Å². The van der Waals surface area contributed by atoms with E-state index in [1.807, 2.05) is 20.8 Å². The largest absolute Gasteiger partial charge is 0.462 e. The van der Waals surface area contributed by atoms with Crippen molar-refractivity contribution in [2.24, 2.45) is 10.8 Å². The summed E-state index contributed by atoms with van der Waals surface area (Å²) in [5.41, 5.74) is 0.0740. The van der Waals surface area contributed by atoms with Crippen molar-refractivity contribution in [1.29, 1.82) is 0 Å². The van der Waals surface area contributed by atoms with Crippen LogP contribution >= 0.6 is 0 Å². The number of esters is 2. The molecule has 7 nitrogen and oxygen atoms in total. The average molecular weight is 400 g/mol. The molecule has 0 unspecified atom stereocenters. The van der Waals surface area contributed by atoms with E-state index >= 15 is 0 Å². The fourth-order valence-electron chi connectivity index (χ4n) is 2.00. The van der Waals surface area contributed by atoms with Gasteiger partial charge in [0.15, 0.2) is 0 Å². The summed E-state index contributed by atoms with van der Waals surface area (Å²) in [4.78, 5) is 46.5. The Morgan fingerprint density at radius 1 is 0.679 bits per heavy atom. The van der Waals surface area contributed by atoms with Crippen LogP contribution in [0.25, 0.3) is 0 Å². The zero-order chi connectivity index (χ0) is 21.8. The second kappa shape index (κ2) is 12.5. The van der Waals surface area contributed by atoms with E-state index in [1.54, 1.807) is 0 Å². The summed E-state index contributed by atoms with van der Waals surface area (Å²) in [5.74, 6) is -1.15. The zero-order valence-electron chi connectivity index (χ0n) is 18.3. The molecule has 0 radical (unpaired) electrons. The summed E-state index contributed by atoms with van der Waals surface area (Å²) in [7, 11) is 0. The van der Waals surface area contributed by atoms with Gasteiger partial charge in [-0.1, -0.05) is 41.5 Å². The van der Waals surface area contributed by atoms with E-state index in [1.165, 1.54) is 0 Å².